The van der Waals surface area contributed by atoms with Gasteiger partial charge in [-0.2, -0.15) is 0 Å². The van der Waals surface area contributed by atoms with Gasteiger partial charge in [-0.05, 0) is 30.4 Å². The Kier molecular flexibility index (Phi) is 5.32. The van der Waals surface area contributed by atoms with Crippen molar-refractivity contribution in [2.24, 2.45) is 0 Å². The lowest BCUT2D eigenvalue weighted by Gasteiger charge is -2.19. The van der Waals surface area contributed by atoms with Gasteiger partial charge in [0.15, 0.2) is 0 Å². The van der Waals surface area contributed by atoms with Crippen molar-refractivity contribution in [2.45, 2.75) is 45.6 Å². The van der Waals surface area contributed by atoms with Gasteiger partial charge in [-0.15, -0.1) is 0 Å². The molecule has 0 spiro atoms. The van der Waals surface area contributed by atoms with E-state index >= 15 is 0 Å². The van der Waals surface area contributed by atoms with E-state index in [9.17, 15) is 4.21 Å². The fourth-order valence-electron chi connectivity index (χ4n) is 1.59. The molecule has 3 nitrogen and oxygen atoms in total. The molecule has 0 aliphatic heterocycles. The van der Waals surface area contributed by atoms with Crippen LogP contribution in [0.3, 0.4) is 0 Å². The van der Waals surface area contributed by atoms with E-state index in [4.69, 9.17) is 0 Å². The highest BCUT2D eigenvalue weighted by molar-refractivity contribution is 7.84. The zero-order chi connectivity index (χ0) is 13.8. The molecule has 0 aliphatic carbocycles. The molecule has 0 aromatic carbocycles. The van der Waals surface area contributed by atoms with Crippen molar-refractivity contribution in [3.8, 4) is 0 Å². The summed E-state index contributed by atoms with van der Waals surface area (Å²) in [6.07, 6.45) is 4.56. The van der Waals surface area contributed by atoms with Crippen LogP contribution in [-0.2, 0) is 16.2 Å². The normalized spacial score (nSPS) is 15.2. The SMILES string of the molecule is CC(CCS(C)=O)Nc1ccc(C(C)(C)C)cn1. The highest BCUT2D eigenvalue weighted by Crippen LogP contribution is 2.22. The number of pyridine rings is 1. The first-order valence-corrected chi connectivity index (χ1v) is 8.05. The van der Waals surface area contributed by atoms with E-state index < -0.39 is 10.8 Å². The Bertz CT molecular complexity index is 395. The summed E-state index contributed by atoms with van der Waals surface area (Å²) in [5.74, 6) is 1.62. The van der Waals surface area contributed by atoms with Gasteiger partial charge in [-0.25, -0.2) is 4.98 Å². The van der Waals surface area contributed by atoms with E-state index in [0.29, 0.717) is 6.04 Å². The van der Waals surface area contributed by atoms with Crippen molar-refractivity contribution < 1.29 is 4.21 Å². The Labute approximate surface area is 113 Å². The number of anilines is 1. The maximum absolute atomic E-state index is 11.0. The van der Waals surface area contributed by atoms with Crippen molar-refractivity contribution in [3.05, 3.63) is 23.9 Å². The molecule has 2 atom stereocenters. The first-order chi connectivity index (χ1) is 8.29. The number of hydrogen-bond acceptors (Lipinski definition) is 3. The summed E-state index contributed by atoms with van der Waals surface area (Å²) in [6, 6.07) is 4.42. The van der Waals surface area contributed by atoms with Gasteiger partial charge in [-0.1, -0.05) is 26.8 Å². The summed E-state index contributed by atoms with van der Waals surface area (Å²) in [5.41, 5.74) is 1.37. The maximum atomic E-state index is 11.0. The third-order valence-electron chi connectivity index (χ3n) is 2.86. The Morgan fingerprint density at radius 1 is 1.39 bits per heavy atom. The monoisotopic (exact) mass is 268 g/mol. The minimum Gasteiger partial charge on any atom is -0.368 e. The van der Waals surface area contributed by atoms with E-state index in [2.05, 4.69) is 44.1 Å². The van der Waals surface area contributed by atoms with E-state index in [-0.39, 0.29) is 5.41 Å². The van der Waals surface area contributed by atoms with Gasteiger partial charge in [0.2, 0.25) is 0 Å². The molecule has 18 heavy (non-hydrogen) atoms. The second-order valence-electron chi connectivity index (χ2n) is 5.79. The zero-order valence-corrected chi connectivity index (χ0v) is 12.8. The summed E-state index contributed by atoms with van der Waals surface area (Å²) >= 11 is 0. The fraction of sp³-hybridized carbons (Fsp3) is 0.643. The number of rotatable bonds is 5. The minimum atomic E-state index is -0.720. The molecule has 1 rings (SSSR count). The first kappa shape index (κ1) is 15.2. The highest BCUT2D eigenvalue weighted by Gasteiger charge is 2.13. The van der Waals surface area contributed by atoms with Crippen molar-refractivity contribution in [1.29, 1.82) is 0 Å². The van der Waals surface area contributed by atoms with Crippen LogP contribution < -0.4 is 5.32 Å². The van der Waals surface area contributed by atoms with E-state index in [1.165, 1.54) is 5.56 Å². The minimum absolute atomic E-state index is 0.135. The zero-order valence-electron chi connectivity index (χ0n) is 12.0. The molecule has 102 valence electrons. The lowest BCUT2D eigenvalue weighted by molar-refractivity contribution is 0.587. The summed E-state index contributed by atoms with van der Waals surface area (Å²) in [4.78, 5) is 4.43. The second kappa shape index (κ2) is 6.32. The Morgan fingerprint density at radius 2 is 2.06 bits per heavy atom. The lowest BCUT2D eigenvalue weighted by Crippen LogP contribution is -2.19. The predicted molar refractivity (Wildman–Crippen MR) is 79.6 cm³/mol. The van der Waals surface area contributed by atoms with Crippen molar-refractivity contribution >= 4 is 16.6 Å². The summed E-state index contributed by atoms with van der Waals surface area (Å²) < 4.78 is 11.0. The molecule has 1 N–H and O–H groups in total. The second-order valence-corrected chi connectivity index (χ2v) is 7.35. The van der Waals surface area contributed by atoms with Gasteiger partial charge in [-0.3, -0.25) is 4.21 Å². The molecule has 2 unspecified atom stereocenters. The fourth-order valence-corrected chi connectivity index (χ4v) is 2.28. The standard InChI is InChI=1S/C14H24N2OS/c1-11(8-9-18(5)17)16-13-7-6-12(10-15-13)14(2,3)4/h6-7,10-11H,8-9H2,1-5H3,(H,15,16). The van der Waals surface area contributed by atoms with Gasteiger partial charge in [0.25, 0.3) is 0 Å². The van der Waals surface area contributed by atoms with Crippen LogP contribution in [0.1, 0.15) is 39.7 Å². The van der Waals surface area contributed by atoms with Gasteiger partial charge in [0.1, 0.15) is 5.82 Å². The number of nitrogens with one attached hydrogen (secondary N) is 1. The highest BCUT2D eigenvalue weighted by atomic mass is 32.2. The average molecular weight is 268 g/mol. The molecule has 1 heterocycles. The van der Waals surface area contributed by atoms with Crippen LogP contribution in [0, 0.1) is 0 Å². The number of nitrogens with zero attached hydrogens (tertiary/aromatic N) is 1. The van der Waals surface area contributed by atoms with Crippen LogP contribution in [0.5, 0.6) is 0 Å². The molecular formula is C14H24N2OS. The maximum Gasteiger partial charge on any atom is 0.126 e. The number of hydrogen-bond donors (Lipinski definition) is 1. The van der Waals surface area contributed by atoms with Crippen LogP contribution in [0.2, 0.25) is 0 Å². The van der Waals surface area contributed by atoms with Crippen molar-refractivity contribution in [1.82, 2.24) is 4.98 Å². The van der Waals surface area contributed by atoms with E-state index in [1.54, 1.807) is 6.26 Å². The van der Waals surface area contributed by atoms with Gasteiger partial charge >= 0.3 is 0 Å². The Morgan fingerprint density at radius 3 is 2.50 bits per heavy atom. The average Bonchev–Trinajstić information content (AvgIpc) is 2.26. The summed E-state index contributed by atoms with van der Waals surface area (Å²) in [7, 11) is -0.720. The Balaban J connectivity index is 2.56. The van der Waals surface area contributed by atoms with Gasteiger partial charge in [0, 0.05) is 35.0 Å². The molecule has 1 aromatic heterocycles. The molecule has 0 fully saturated rings. The van der Waals surface area contributed by atoms with E-state index in [0.717, 1.165) is 18.0 Å². The molecule has 0 aliphatic rings. The Hall–Kier alpha value is -0.900. The van der Waals surface area contributed by atoms with Gasteiger partial charge in [0.05, 0.1) is 0 Å². The summed E-state index contributed by atoms with van der Waals surface area (Å²) in [5, 5.41) is 3.33. The predicted octanol–water partition coefficient (Wildman–Crippen LogP) is 2.95. The van der Waals surface area contributed by atoms with Crippen LogP contribution in [0.25, 0.3) is 0 Å². The molecule has 0 saturated carbocycles. The first-order valence-electron chi connectivity index (χ1n) is 6.32. The third-order valence-corrected chi connectivity index (χ3v) is 3.67. The molecule has 4 heteroatoms. The molecular weight excluding hydrogens is 244 g/mol. The smallest absolute Gasteiger partial charge is 0.126 e. The summed E-state index contributed by atoms with van der Waals surface area (Å²) in [6.45, 7) is 8.62. The third kappa shape index (κ3) is 5.17. The molecule has 1 aromatic rings. The largest absolute Gasteiger partial charge is 0.368 e. The quantitative estimate of drug-likeness (QED) is 0.892. The van der Waals surface area contributed by atoms with Crippen LogP contribution in [0.4, 0.5) is 5.82 Å². The van der Waals surface area contributed by atoms with Crippen molar-refractivity contribution in [2.75, 3.05) is 17.3 Å². The molecule has 0 bridgehead atoms. The molecule has 0 saturated heterocycles. The van der Waals surface area contributed by atoms with Crippen LogP contribution >= 0.6 is 0 Å². The number of aromatic nitrogens is 1. The van der Waals surface area contributed by atoms with Crippen LogP contribution in [-0.4, -0.2) is 27.2 Å². The van der Waals surface area contributed by atoms with Crippen molar-refractivity contribution in [3.63, 3.8) is 0 Å². The van der Waals surface area contributed by atoms with E-state index in [1.807, 2.05) is 12.3 Å². The van der Waals surface area contributed by atoms with Gasteiger partial charge < -0.3 is 5.32 Å². The topological polar surface area (TPSA) is 42.0 Å². The molecule has 0 radical (unpaired) electrons. The van der Waals surface area contributed by atoms with Crippen LogP contribution in [0.15, 0.2) is 18.3 Å². The lowest BCUT2D eigenvalue weighted by atomic mass is 9.88. The molecule has 0 amide bonds.